The smallest absolute Gasteiger partial charge is 0.336 e. The fourth-order valence-electron chi connectivity index (χ4n) is 3.71. The van der Waals surface area contributed by atoms with E-state index in [0.29, 0.717) is 16.4 Å². The quantitative estimate of drug-likeness (QED) is 0.610. The van der Waals surface area contributed by atoms with Crippen molar-refractivity contribution in [2.75, 3.05) is 11.5 Å². The Balaban J connectivity index is 1.59. The van der Waals surface area contributed by atoms with Gasteiger partial charge in [-0.05, 0) is 49.9 Å². The van der Waals surface area contributed by atoms with E-state index in [0.717, 1.165) is 35.0 Å². The van der Waals surface area contributed by atoms with Crippen molar-refractivity contribution < 1.29 is 13.9 Å². The third kappa shape index (κ3) is 3.38. The monoisotopic (exact) mass is 397 g/mol. The van der Waals surface area contributed by atoms with Crippen LogP contribution in [0.4, 0.5) is 5.69 Å². The minimum atomic E-state index is -0.437. The molecule has 28 heavy (non-hydrogen) atoms. The van der Waals surface area contributed by atoms with Gasteiger partial charge in [-0.15, -0.1) is 0 Å². The normalized spacial score (nSPS) is 16.1. The van der Waals surface area contributed by atoms with Crippen LogP contribution in [0.5, 0.6) is 5.75 Å². The van der Waals surface area contributed by atoms with E-state index in [1.165, 1.54) is 6.07 Å². The van der Waals surface area contributed by atoms with Crippen LogP contribution in [0.2, 0.25) is 5.02 Å². The van der Waals surface area contributed by atoms with E-state index in [2.05, 4.69) is 0 Å². The van der Waals surface area contributed by atoms with Crippen molar-refractivity contribution in [1.82, 2.24) is 0 Å². The average molecular weight is 398 g/mol. The summed E-state index contributed by atoms with van der Waals surface area (Å²) in [6.07, 6.45) is 1.86. The Morgan fingerprint density at radius 1 is 1.29 bits per heavy atom. The number of ether oxygens (including phenoxy) is 1. The van der Waals surface area contributed by atoms with Crippen LogP contribution >= 0.6 is 11.6 Å². The summed E-state index contributed by atoms with van der Waals surface area (Å²) in [5.74, 6) is 0.177. The number of amides is 1. The molecule has 0 aliphatic carbocycles. The van der Waals surface area contributed by atoms with E-state index in [1.54, 1.807) is 17.0 Å². The van der Waals surface area contributed by atoms with Crippen LogP contribution in [0.15, 0.2) is 51.7 Å². The molecule has 2 aromatic carbocycles. The maximum atomic E-state index is 12.9. The fourth-order valence-corrected chi connectivity index (χ4v) is 3.93. The van der Waals surface area contributed by atoms with Gasteiger partial charge in [-0.3, -0.25) is 4.79 Å². The predicted molar refractivity (Wildman–Crippen MR) is 109 cm³/mol. The molecule has 1 amide bonds. The molecule has 3 aromatic rings. The molecule has 0 saturated carbocycles. The molecule has 0 fully saturated rings. The van der Waals surface area contributed by atoms with Gasteiger partial charge >= 0.3 is 5.63 Å². The van der Waals surface area contributed by atoms with Crippen LogP contribution in [-0.4, -0.2) is 18.6 Å². The summed E-state index contributed by atoms with van der Waals surface area (Å²) in [7, 11) is 0. The van der Waals surface area contributed by atoms with Crippen molar-refractivity contribution in [3.05, 3.63) is 69.0 Å². The van der Waals surface area contributed by atoms with Crippen molar-refractivity contribution in [2.45, 2.75) is 32.7 Å². The van der Waals surface area contributed by atoms with Crippen molar-refractivity contribution in [2.24, 2.45) is 0 Å². The number of carbonyl (C=O) groups excluding carboxylic acids is 1. The summed E-state index contributed by atoms with van der Waals surface area (Å²) < 4.78 is 11.0. The maximum Gasteiger partial charge on any atom is 0.336 e. The lowest BCUT2D eigenvalue weighted by Crippen LogP contribution is -2.44. The minimum absolute atomic E-state index is 0.0961. The van der Waals surface area contributed by atoms with Crippen molar-refractivity contribution in [1.29, 1.82) is 0 Å². The lowest BCUT2D eigenvalue weighted by molar-refractivity contribution is -0.121. The number of benzene rings is 2. The number of fused-ring (bicyclic) bond motifs is 2. The van der Waals surface area contributed by atoms with Gasteiger partial charge in [-0.25, -0.2) is 4.79 Å². The molecule has 0 bridgehead atoms. The van der Waals surface area contributed by atoms with Gasteiger partial charge in [0, 0.05) is 29.2 Å². The van der Waals surface area contributed by atoms with Crippen LogP contribution in [-0.2, 0) is 11.2 Å². The summed E-state index contributed by atoms with van der Waals surface area (Å²) in [4.78, 5) is 26.3. The van der Waals surface area contributed by atoms with E-state index in [9.17, 15) is 9.59 Å². The molecule has 6 heteroatoms. The second-order valence-corrected chi connectivity index (χ2v) is 7.50. The Hall–Kier alpha value is -2.79. The van der Waals surface area contributed by atoms with Gasteiger partial charge in [-0.1, -0.05) is 29.8 Å². The van der Waals surface area contributed by atoms with Crippen LogP contribution in [0.3, 0.4) is 0 Å². The Labute approximate surface area is 167 Å². The van der Waals surface area contributed by atoms with Gasteiger partial charge < -0.3 is 14.1 Å². The summed E-state index contributed by atoms with van der Waals surface area (Å²) in [5.41, 5.74) is 2.81. The molecule has 4 rings (SSSR count). The highest BCUT2D eigenvalue weighted by atomic mass is 35.5. The summed E-state index contributed by atoms with van der Waals surface area (Å²) in [6.45, 7) is 3.70. The predicted octanol–water partition coefficient (Wildman–Crippen LogP) is 4.50. The highest BCUT2D eigenvalue weighted by Gasteiger charge is 2.28. The molecule has 5 nitrogen and oxygen atoms in total. The first-order valence-corrected chi connectivity index (χ1v) is 9.58. The number of rotatable bonds is 3. The van der Waals surface area contributed by atoms with Crippen LogP contribution in [0.25, 0.3) is 11.0 Å². The van der Waals surface area contributed by atoms with Gasteiger partial charge in [0.2, 0.25) is 0 Å². The van der Waals surface area contributed by atoms with Crippen LogP contribution < -0.4 is 15.3 Å². The number of halogens is 1. The number of nitrogens with zero attached hydrogens (tertiary/aromatic N) is 1. The van der Waals surface area contributed by atoms with Gasteiger partial charge in [0.25, 0.3) is 5.91 Å². The summed E-state index contributed by atoms with van der Waals surface area (Å²) in [5, 5.41) is 1.10. The second-order valence-electron chi connectivity index (χ2n) is 7.10. The highest BCUT2D eigenvalue weighted by molar-refractivity contribution is 6.32. The third-order valence-corrected chi connectivity index (χ3v) is 5.44. The average Bonchev–Trinajstić information content (AvgIpc) is 2.66. The lowest BCUT2D eigenvalue weighted by Gasteiger charge is -2.35. The summed E-state index contributed by atoms with van der Waals surface area (Å²) in [6, 6.07) is 12.7. The topological polar surface area (TPSA) is 59.8 Å². The molecule has 1 aliphatic heterocycles. The fraction of sp³-hybridized carbons (Fsp3) is 0.273. The molecule has 1 aromatic heterocycles. The molecule has 144 valence electrons. The first kappa shape index (κ1) is 18.6. The first-order chi connectivity index (χ1) is 13.4. The van der Waals surface area contributed by atoms with Crippen molar-refractivity contribution in [3.63, 3.8) is 0 Å². The first-order valence-electron chi connectivity index (χ1n) is 9.21. The van der Waals surface area contributed by atoms with E-state index in [4.69, 9.17) is 20.8 Å². The minimum Gasteiger partial charge on any atom is -0.482 e. The van der Waals surface area contributed by atoms with E-state index in [-0.39, 0.29) is 18.6 Å². The zero-order chi connectivity index (χ0) is 19.8. The molecule has 0 saturated heterocycles. The molecule has 0 radical (unpaired) electrons. The highest BCUT2D eigenvalue weighted by Crippen LogP contribution is 2.33. The Bertz CT molecular complexity index is 1120. The summed E-state index contributed by atoms with van der Waals surface area (Å²) >= 11 is 6.32. The zero-order valence-electron chi connectivity index (χ0n) is 15.7. The van der Waals surface area contributed by atoms with Crippen LogP contribution in [0, 0.1) is 6.92 Å². The molecule has 1 atom stereocenters. The SMILES string of the molecule is Cc1cc(=O)oc2cc(OCC(=O)N3c4ccccc4CCC3C)c(Cl)cc12. The molecule has 0 spiro atoms. The second kappa shape index (κ2) is 7.32. The molecule has 1 unspecified atom stereocenters. The van der Waals surface area contributed by atoms with E-state index < -0.39 is 5.63 Å². The number of anilines is 1. The van der Waals surface area contributed by atoms with Gasteiger partial charge in [0.15, 0.2) is 6.61 Å². The standard InChI is InChI=1S/C22H20ClNO4/c1-13-9-22(26)28-19-11-20(17(23)10-16(13)19)27-12-21(25)24-14(2)7-8-15-5-3-4-6-18(15)24/h3-6,9-11,14H,7-8,12H2,1-2H3. The van der Waals surface area contributed by atoms with E-state index >= 15 is 0 Å². The molecule has 0 N–H and O–H groups in total. The number of hydrogen-bond acceptors (Lipinski definition) is 4. The number of para-hydroxylation sites is 1. The Kier molecular flexibility index (Phi) is 4.85. The Morgan fingerprint density at radius 2 is 2.07 bits per heavy atom. The largest absolute Gasteiger partial charge is 0.482 e. The molecular formula is C22H20ClNO4. The molecule has 1 aliphatic rings. The number of carbonyl (C=O) groups is 1. The molecular weight excluding hydrogens is 378 g/mol. The van der Waals surface area contributed by atoms with Gasteiger partial charge in [0.05, 0.1) is 5.02 Å². The van der Waals surface area contributed by atoms with Gasteiger partial charge in [0.1, 0.15) is 11.3 Å². The molecule has 2 heterocycles. The van der Waals surface area contributed by atoms with Crippen LogP contribution in [0.1, 0.15) is 24.5 Å². The number of hydrogen-bond donors (Lipinski definition) is 0. The maximum absolute atomic E-state index is 12.9. The number of aryl methyl sites for hydroxylation is 2. The third-order valence-electron chi connectivity index (χ3n) is 5.15. The Morgan fingerprint density at radius 3 is 2.89 bits per heavy atom. The zero-order valence-corrected chi connectivity index (χ0v) is 16.5. The van der Waals surface area contributed by atoms with Crippen molar-refractivity contribution >= 4 is 34.2 Å². The lowest BCUT2D eigenvalue weighted by atomic mass is 9.96. The van der Waals surface area contributed by atoms with E-state index in [1.807, 2.05) is 38.1 Å². The van der Waals surface area contributed by atoms with Crippen molar-refractivity contribution in [3.8, 4) is 5.75 Å². The van der Waals surface area contributed by atoms with Gasteiger partial charge in [-0.2, -0.15) is 0 Å².